The Morgan fingerprint density at radius 2 is 2.08 bits per heavy atom. The van der Waals surface area contributed by atoms with E-state index in [2.05, 4.69) is 29.0 Å². The zero-order valence-corrected chi connectivity index (χ0v) is 14.9. The Labute approximate surface area is 150 Å². The maximum Gasteiger partial charge on any atom is 0.195 e. The zero-order chi connectivity index (χ0) is 17.3. The van der Waals surface area contributed by atoms with Crippen LogP contribution in [0.2, 0.25) is 5.15 Å². The summed E-state index contributed by atoms with van der Waals surface area (Å²) < 4.78 is 2.31. The molecule has 0 aliphatic heterocycles. The highest BCUT2D eigenvalue weighted by atomic mass is 35.5. The van der Waals surface area contributed by atoms with Crippen molar-refractivity contribution in [3.63, 3.8) is 0 Å². The summed E-state index contributed by atoms with van der Waals surface area (Å²) in [7, 11) is 0. The van der Waals surface area contributed by atoms with E-state index in [1.807, 2.05) is 22.8 Å². The van der Waals surface area contributed by atoms with Crippen LogP contribution < -0.4 is 0 Å². The molecule has 0 spiro atoms. The van der Waals surface area contributed by atoms with Gasteiger partial charge in [0.1, 0.15) is 10.9 Å². The molecule has 0 fully saturated rings. The summed E-state index contributed by atoms with van der Waals surface area (Å²) >= 11 is 11.2. The number of hydrogen-bond donors (Lipinski definition) is 2. The maximum absolute atomic E-state index is 10.3. The fourth-order valence-corrected chi connectivity index (χ4v) is 2.75. The smallest absolute Gasteiger partial charge is 0.195 e. The Balaban J connectivity index is 2.06. The monoisotopic (exact) mass is 360 g/mol. The van der Waals surface area contributed by atoms with Crippen LogP contribution in [0.25, 0.3) is 11.4 Å². The third kappa shape index (κ3) is 3.34. The Morgan fingerprint density at radius 3 is 2.75 bits per heavy atom. The number of hydrogen-bond acceptors (Lipinski definition) is 4. The molecule has 3 aromatic rings. The largest absolute Gasteiger partial charge is 0.507 e. The van der Waals surface area contributed by atoms with Gasteiger partial charge in [-0.25, -0.2) is 4.98 Å². The second kappa shape index (κ2) is 6.75. The molecule has 24 heavy (non-hydrogen) atoms. The van der Waals surface area contributed by atoms with E-state index in [0.29, 0.717) is 33.8 Å². The molecule has 0 aliphatic carbocycles. The molecule has 0 saturated carbocycles. The highest BCUT2D eigenvalue weighted by Crippen LogP contribution is 2.31. The molecule has 0 radical (unpaired) electrons. The number of aromatic amines is 1. The first-order chi connectivity index (χ1) is 11.5. The summed E-state index contributed by atoms with van der Waals surface area (Å²) in [6, 6.07) is 9.17. The predicted molar refractivity (Wildman–Crippen MR) is 97.0 cm³/mol. The maximum atomic E-state index is 10.3. The summed E-state index contributed by atoms with van der Waals surface area (Å²) in [5, 5.41) is 17.8. The van der Waals surface area contributed by atoms with E-state index in [0.717, 1.165) is 11.1 Å². The van der Waals surface area contributed by atoms with E-state index in [-0.39, 0.29) is 5.75 Å². The molecule has 2 heterocycles. The molecule has 7 heteroatoms. The number of nitrogens with one attached hydrogen (secondary N) is 1. The van der Waals surface area contributed by atoms with Crippen LogP contribution in [0.4, 0.5) is 0 Å². The van der Waals surface area contributed by atoms with E-state index in [9.17, 15) is 5.11 Å². The molecular weight excluding hydrogens is 344 g/mol. The van der Waals surface area contributed by atoms with E-state index in [4.69, 9.17) is 23.8 Å². The van der Waals surface area contributed by atoms with E-state index in [1.165, 1.54) is 0 Å². The summed E-state index contributed by atoms with van der Waals surface area (Å²) in [6.07, 6.45) is 1.70. The van der Waals surface area contributed by atoms with Crippen molar-refractivity contribution >= 4 is 23.8 Å². The summed E-state index contributed by atoms with van der Waals surface area (Å²) in [4.78, 5) is 4.08. The molecule has 1 aromatic carbocycles. The van der Waals surface area contributed by atoms with Gasteiger partial charge in [-0.2, -0.15) is 5.10 Å². The van der Waals surface area contributed by atoms with Crippen LogP contribution in [-0.4, -0.2) is 24.9 Å². The molecule has 0 saturated heterocycles. The number of aromatic nitrogens is 4. The average molecular weight is 361 g/mol. The molecule has 0 atom stereocenters. The van der Waals surface area contributed by atoms with Gasteiger partial charge in [-0.15, -0.1) is 0 Å². The zero-order valence-electron chi connectivity index (χ0n) is 13.3. The van der Waals surface area contributed by atoms with Gasteiger partial charge in [0.15, 0.2) is 10.6 Å². The number of H-pyrrole nitrogens is 1. The highest BCUT2D eigenvalue weighted by molar-refractivity contribution is 7.71. The number of phenols is 1. The van der Waals surface area contributed by atoms with Crippen molar-refractivity contribution in [2.45, 2.75) is 26.3 Å². The summed E-state index contributed by atoms with van der Waals surface area (Å²) in [6.45, 7) is 4.69. The number of rotatable bonds is 4. The number of benzene rings is 1. The molecule has 124 valence electrons. The van der Waals surface area contributed by atoms with Crippen LogP contribution in [0.5, 0.6) is 5.75 Å². The van der Waals surface area contributed by atoms with Crippen LogP contribution in [0, 0.1) is 4.77 Å². The van der Waals surface area contributed by atoms with Crippen molar-refractivity contribution in [3.8, 4) is 17.1 Å². The molecule has 0 amide bonds. The molecule has 5 nitrogen and oxygen atoms in total. The normalized spacial score (nSPS) is 11.2. The van der Waals surface area contributed by atoms with Crippen molar-refractivity contribution in [1.29, 1.82) is 0 Å². The minimum absolute atomic E-state index is 0.170. The lowest BCUT2D eigenvalue weighted by Gasteiger charge is -2.11. The Bertz CT molecular complexity index is 915. The summed E-state index contributed by atoms with van der Waals surface area (Å²) in [5.41, 5.74) is 2.71. The SMILES string of the molecule is CC(C)c1ccc(O)c(-c2n[nH]c(=S)n2Cc2ccc(Cl)nc2)c1. The lowest BCUT2D eigenvalue weighted by atomic mass is 10.00. The van der Waals surface area contributed by atoms with Crippen molar-refractivity contribution in [2.75, 3.05) is 0 Å². The van der Waals surface area contributed by atoms with Crippen LogP contribution in [0.3, 0.4) is 0 Å². The van der Waals surface area contributed by atoms with E-state index in [1.54, 1.807) is 18.3 Å². The molecular formula is C17H17ClN4OS. The highest BCUT2D eigenvalue weighted by Gasteiger charge is 2.15. The quantitative estimate of drug-likeness (QED) is 0.529. The predicted octanol–water partition coefficient (Wildman–Crippen LogP) is 4.53. The third-order valence-corrected chi connectivity index (χ3v) is 4.35. The second-order valence-corrected chi connectivity index (χ2v) is 6.63. The molecule has 0 aliphatic rings. The molecule has 0 unspecified atom stereocenters. The van der Waals surface area contributed by atoms with Crippen LogP contribution in [0.15, 0.2) is 36.5 Å². The third-order valence-electron chi connectivity index (χ3n) is 3.82. The number of aromatic hydroxyl groups is 1. The fourth-order valence-electron chi connectivity index (χ4n) is 2.44. The summed E-state index contributed by atoms with van der Waals surface area (Å²) in [5.74, 6) is 1.11. The first kappa shape index (κ1) is 16.7. The molecule has 3 rings (SSSR count). The van der Waals surface area contributed by atoms with E-state index >= 15 is 0 Å². The van der Waals surface area contributed by atoms with Crippen LogP contribution >= 0.6 is 23.8 Å². The van der Waals surface area contributed by atoms with Gasteiger partial charge in [0.25, 0.3) is 0 Å². The number of nitrogens with zero attached hydrogens (tertiary/aromatic N) is 3. The van der Waals surface area contributed by atoms with Gasteiger partial charge in [-0.1, -0.05) is 37.6 Å². The Kier molecular flexibility index (Phi) is 4.69. The van der Waals surface area contributed by atoms with Gasteiger partial charge in [-0.05, 0) is 47.5 Å². The van der Waals surface area contributed by atoms with Gasteiger partial charge in [0.2, 0.25) is 0 Å². The van der Waals surface area contributed by atoms with Gasteiger partial charge in [-0.3, -0.25) is 9.67 Å². The first-order valence-electron chi connectivity index (χ1n) is 7.54. The lowest BCUT2D eigenvalue weighted by Crippen LogP contribution is -2.03. The minimum atomic E-state index is 0.170. The van der Waals surface area contributed by atoms with Crippen molar-refractivity contribution in [1.82, 2.24) is 19.7 Å². The van der Waals surface area contributed by atoms with Gasteiger partial charge in [0.05, 0.1) is 12.1 Å². The number of halogens is 1. The average Bonchev–Trinajstić information content (AvgIpc) is 2.91. The van der Waals surface area contributed by atoms with Gasteiger partial charge >= 0.3 is 0 Å². The van der Waals surface area contributed by atoms with Crippen LogP contribution in [0.1, 0.15) is 30.9 Å². The number of phenolic OH excluding ortho intramolecular Hbond substituents is 1. The Morgan fingerprint density at radius 1 is 1.29 bits per heavy atom. The van der Waals surface area contributed by atoms with E-state index < -0.39 is 0 Å². The van der Waals surface area contributed by atoms with Gasteiger partial charge < -0.3 is 5.11 Å². The first-order valence-corrected chi connectivity index (χ1v) is 8.33. The standard InChI is InChI=1S/C17H17ClN4OS/c1-10(2)12-4-5-14(23)13(7-12)16-20-21-17(24)22(16)9-11-3-6-15(18)19-8-11/h3-8,10,23H,9H2,1-2H3,(H,21,24). The second-order valence-electron chi connectivity index (χ2n) is 5.86. The topological polar surface area (TPSA) is 66.7 Å². The minimum Gasteiger partial charge on any atom is -0.507 e. The molecule has 2 N–H and O–H groups in total. The van der Waals surface area contributed by atoms with Crippen LogP contribution in [-0.2, 0) is 6.54 Å². The van der Waals surface area contributed by atoms with Gasteiger partial charge in [0, 0.05) is 6.20 Å². The molecule has 0 bridgehead atoms. The molecule has 2 aromatic heterocycles. The van der Waals surface area contributed by atoms with Crippen molar-refractivity contribution in [3.05, 3.63) is 57.6 Å². The fraction of sp³-hybridized carbons (Fsp3) is 0.235. The van der Waals surface area contributed by atoms with Crippen molar-refractivity contribution < 1.29 is 5.11 Å². The Hall–Kier alpha value is -2.18. The lowest BCUT2D eigenvalue weighted by molar-refractivity contribution is 0.476. The number of pyridine rings is 1. The van der Waals surface area contributed by atoms with Crippen molar-refractivity contribution in [2.24, 2.45) is 0 Å².